The van der Waals surface area contributed by atoms with Crippen LogP contribution >= 0.6 is 15.8 Å². The molecule has 4 aliphatic carbocycles. The Morgan fingerprint density at radius 2 is 0.684 bits per heavy atom. The second-order valence-electron chi connectivity index (χ2n) is 13.4. The molecule has 0 amide bonds. The molecular weight excluding hydrogens is 494 g/mol. The molecule has 0 aliphatic heterocycles. The van der Waals surface area contributed by atoms with Gasteiger partial charge in [-0.1, -0.05) is 129 Å². The van der Waals surface area contributed by atoms with Crippen molar-refractivity contribution in [3.05, 3.63) is 47.5 Å². The van der Waals surface area contributed by atoms with Crippen LogP contribution in [-0.2, 0) is 12.3 Å². The number of fused-ring (bicyclic) bond motifs is 1. The largest absolute Gasteiger partial charge is 0.0958 e. The summed E-state index contributed by atoms with van der Waals surface area (Å²) in [5.74, 6) is 0. The first-order valence-corrected chi connectivity index (χ1v) is 20.2. The lowest BCUT2D eigenvalue weighted by Gasteiger charge is -2.39. The molecular formula is C36H54P2. The monoisotopic (exact) mass is 548 g/mol. The normalized spacial score (nSPS) is 23.5. The van der Waals surface area contributed by atoms with Gasteiger partial charge in [-0.05, 0) is 108 Å². The van der Waals surface area contributed by atoms with Crippen LogP contribution in [0.4, 0.5) is 0 Å². The SMILES string of the molecule is c1cc(CP(C2CCCCC2)C2CCCCC2)c2cccc(CP(C3CCCCC3)C3CCCCC3)c2c1. The molecule has 0 atom stereocenters. The lowest BCUT2D eigenvalue weighted by molar-refractivity contribution is 0.484. The summed E-state index contributed by atoms with van der Waals surface area (Å²) in [4.78, 5) is 0. The Morgan fingerprint density at radius 3 is 0.974 bits per heavy atom. The van der Waals surface area contributed by atoms with E-state index in [-0.39, 0.29) is 15.8 Å². The van der Waals surface area contributed by atoms with Crippen molar-refractivity contribution < 1.29 is 0 Å². The van der Waals surface area contributed by atoms with E-state index < -0.39 is 0 Å². The van der Waals surface area contributed by atoms with Crippen molar-refractivity contribution in [2.24, 2.45) is 0 Å². The number of hydrogen-bond donors (Lipinski definition) is 0. The molecule has 0 saturated heterocycles. The number of rotatable bonds is 8. The highest BCUT2D eigenvalue weighted by Gasteiger charge is 2.33. The molecule has 2 heteroatoms. The summed E-state index contributed by atoms with van der Waals surface area (Å²) in [6.45, 7) is 0. The molecule has 208 valence electrons. The molecule has 0 heterocycles. The standard InChI is InChI=1S/C36H54P2/c1-5-17-31(18-6-1)37(32-19-7-2-8-20-32)27-29-15-13-26-36-30(16-14-25-35(29)36)28-38(33-21-9-3-10-22-33)34-23-11-4-12-24-34/h13-16,25-26,31-34H,1-12,17-24,27-28H2. The first-order valence-electron chi connectivity index (χ1n) is 16.9. The molecule has 4 saturated carbocycles. The van der Waals surface area contributed by atoms with Gasteiger partial charge in [-0.25, -0.2) is 0 Å². The molecule has 4 aliphatic rings. The Kier molecular flexibility index (Phi) is 10.2. The van der Waals surface area contributed by atoms with E-state index in [1.165, 1.54) is 141 Å². The highest BCUT2D eigenvalue weighted by Crippen LogP contribution is 2.60. The molecule has 0 unspecified atom stereocenters. The molecule has 0 spiro atoms. The predicted molar refractivity (Wildman–Crippen MR) is 173 cm³/mol. The average Bonchev–Trinajstić information content (AvgIpc) is 3.00. The highest BCUT2D eigenvalue weighted by molar-refractivity contribution is 7.58. The van der Waals surface area contributed by atoms with E-state index in [1.54, 1.807) is 21.9 Å². The molecule has 0 aromatic heterocycles. The molecule has 0 N–H and O–H groups in total. The molecule has 6 rings (SSSR count). The third-order valence-electron chi connectivity index (χ3n) is 11.0. The van der Waals surface area contributed by atoms with Gasteiger partial charge in [0.25, 0.3) is 0 Å². The highest BCUT2D eigenvalue weighted by atomic mass is 31.1. The molecule has 2 aromatic rings. The average molecular weight is 549 g/mol. The van der Waals surface area contributed by atoms with E-state index in [9.17, 15) is 0 Å². The third-order valence-corrected chi connectivity index (χ3v) is 18.2. The van der Waals surface area contributed by atoms with Crippen LogP contribution in [0.5, 0.6) is 0 Å². The first-order chi connectivity index (χ1) is 18.9. The minimum absolute atomic E-state index is 0.111. The van der Waals surface area contributed by atoms with Gasteiger partial charge in [0, 0.05) is 0 Å². The van der Waals surface area contributed by atoms with Gasteiger partial charge >= 0.3 is 0 Å². The summed E-state index contributed by atoms with van der Waals surface area (Å²) < 4.78 is 0. The van der Waals surface area contributed by atoms with Gasteiger partial charge in [0.2, 0.25) is 0 Å². The zero-order valence-electron chi connectivity index (χ0n) is 24.2. The third kappa shape index (κ3) is 6.71. The molecule has 0 radical (unpaired) electrons. The maximum atomic E-state index is 2.54. The van der Waals surface area contributed by atoms with Gasteiger partial charge in [-0.3, -0.25) is 0 Å². The van der Waals surface area contributed by atoms with Crippen molar-refractivity contribution >= 4 is 26.6 Å². The molecule has 38 heavy (non-hydrogen) atoms. The fourth-order valence-corrected chi connectivity index (χ4v) is 16.6. The summed E-state index contributed by atoms with van der Waals surface area (Å²) in [6, 6.07) is 15.0. The van der Waals surface area contributed by atoms with Crippen LogP contribution in [0.15, 0.2) is 36.4 Å². The minimum atomic E-state index is 0.111. The van der Waals surface area contributed by atoms with Crippen molar-refractivity contribution in [2.45, 2.75) is 163 Å². The Hall–Kier alpha value is -0.440. The predicted octanol–water partition coefficient (Wildman–Crippen LogP) is 12.1. The van der Waals surface area contributed by atoms with Crippen LogP contribution in [-0.4, -0.2) is 22.6 Å². The van der Waals surface area contributed by atoms with Crippen LogP contribution in [0.2, 0.25) is 0 Å². The van der Waals surface area contributed by atoms with E-state index >= 15 is 0 Å². The van der Waals surface area contributed by atoms with Crippen LogP contribution in [0.25, 0.3) is 10.8 Å². The van der Waals surface area contributed by atoms with Crippen molar-refractivity contribution in [3.63, 3.8) is 0 Å². The van der Waals surface area contributed by atoms with Gasteiger partial charge < -0.3 is 0 Å². The summed E-state index contributed by atoms with van der Waals surface area (Å²) in [5.41, 5.74) is 7.62. The minimum Gasteiger partial charge on any atom is -0.0958 e. The van der Waals surface area contributed by atoms with E-state index in [0.717, 1.165) is 22.6 Å². The van der Waals surface area contributed by atoms with Crippen LogP contribution in [0.1, 0.15) is 140 Å². The summed E-state index contributed by atoms with van der Waals surface area (Å²) >= 11 is 0. The summed E-state index contributed by atoms with van der Waals surface area (Å²) in [5, 5.41) is 3.26. The fourth-order valence-electron chi connectivity index (χ4n) is 8.87. The Morgan fingerprint density at radius 1 is 0.395 bits per heavy atom. The second kappa shape index (κ2) is 14.0. The van der Waals surface area contributed by atoms with Gasteiger partial charge in [-0.2, -0.15) is 0 Å². The Labute approximate surface area is 237 Å². The number of benzene rings is 2. The quantitative estimate of drug-likeness (QED) is 0.288. The van der Waals surface area contributed by atoms with Gasteiger partial charge in [-0.15, -0.1) is 0 Å². The zero-order chi connectivity index (χ0) is 25.6. The van der Waals surface area contributed by atoms with Crippen LogP contribution in [0.3, 0.4) is 0 Å². The van der Waals surface area contributed by atoms with Gasteiger partial charge in [0.05, 0.1) is 0 Å². The van der Waals surface area contributed by atoms with E-state index in [0.29, 0.717) is 0 Å². The molecule has 4 fully saturated rings. The smallest absolute Gasteiger partial charge is 0.00620 e. The fraction of sp³-hybridized carbons (Fsp3) is 0.722. The summed E-state index contributed by atoms with van der Waals surface area (Å²) in [6.07, 6.45) is 33.1. The molecule has 0 bridgehead atoms. The van der Waals surface area contributed by atoms with Gasteiger partial charge in [0.1, 0.15) is 0 Å². The van der Waals surface area contributed by atoms with Crippen molar-refractivity contribution in [3.8, 4) is 0 Å². The van der Waals surface area contributed by atoms with Gasteiger partial charge in [0.15, 0.2) is 0 Å². The van der Waals surface area contributed by atoms with E-state index in [2.05, 4.69) is 36.4 Å². The maximum Gasteiger partial charge on any atom is -0.00620 e. The number of hydrogen-bond acceptors (Lipinski definition) is 0. The van der Waals surface area contributed by atoms with Crippen molar-refractivity contribution in [1.29, 1.82) is 0 Å². The maximum absolute atomic E-state index is 2.54. The topological polar surface area (TPSA) is 0 Å². The Bertz CT molecular complexity index is 872. The van der Waals surface area contributed by atoms with Crippen LogP contribution < -0.4 is 0 Å². The molecule has 0 nitrogen and oxygen atoms in total. The lowest BCUT2D eigenvalue weighted by Crippen LogP contribution is -2.21. The van der Waals surface area contributed by atoms with E-state index in [4.69, 9.17) is 0 Å². The van der Waals surface area contributed by atoms with Crippen molar-refractivity contribution in [2.75, 3.05) is 0 Å². The second-order valence-corrected chi connectivity index (χ2v) is 19.1. The Balaban J connectivity index is 1.28. The lowest BCUT2D eigenvalue weighted by atomic mass is 9.99. The molecule has 2 aromatic carbocycles. The first kappa shape index (κ1) is 27.7. The summed E-state index contributed by atoms with van der Waals surface area (Å²) in [7, 11) is 0.221. The van der Waals surface area contributed by atoms with E-state index in [1.807, 2.05) is 0 Å². The van der Waals surface area contributed by atoms with Crippen molar-refractivity contribution in [1.82, 2.24) is 0 Å². The zero-order valence-corrected chi connectivity index (χ0v) is 26.0. The van der Waals surface area contributed by atoms with Crippen LogP contribution in [0, 0.1) is 0 Å².